The van der Waals surface area contributed by atoms with E-state index in [0.717, 1.165) is 29.5 Å². The lowest BCUT2D eigenvalue weighted by molar-refractivity contribution is 0.201. The third kappa shape index (κ3) is 3.13. The normalized spacial score (nSPS) is 21.5. The maximum Gasteiger partial charge on any atom is 0.205 e. The fourth-order valence-electron chi connectivity index (χ4n) is 2.95. The zero-order valence-electron chi connectivity index (χ0n) is 12.8. The number of hydrogen-bond donors (Lipinski definition) is 0. The Bertz CT molecular complexity index is 633. The van der Waals surface area contributed by atoms with Gasteiger partial charge in [0.05, 0.1) is 12.6 Å². The predicted molar refractivity (Wildman–Crippen MR) is 85.8 cm³/mol. The number of aromatic nitrogens is 2. The maximum absolute atomic E-state index is 14.2. The van der Waals surface area contributed by atoms with Crippen LogP contribution in [0.15, 0.2) is 24.3 Å². The molecule has 2 aromatic rings. The Balaban J connectivity index is 1.85. The summed E-state index contributed by atoms with van der Waals surface area (Å²) >= 11 is 1.39. The molecule has 0 bridgehead atoms. The van der Waals surface area contributed by atoms with E-state index in [4.69, 9.17) is 4.74 Å². The average molecular weight is 321 g/mol. The van der Waals surface area contributed by atoms with Crippen LogP contribution in [-0.2, 0) is 11.2 Å². The second-order valence-electron chi connectivity index (χ2n) is 5.77. The summed E-state index contributed by atoms with van der Waals surface area (Å²) in [6.07, 6.45) is 1.65. The van der Waals surface area contributed by atoms with Gasteiger partial charge in [-0.25, -0.2) is 9.37 Å². The molecule has 118 valence electrons. The monoisotopic (exact) mass is 321 g/mol. The lowest BCUT2D eigenvalue weighted by Gasteiger charge is -2.24. The van der Waals surface area contributed by atoms with E-state index in [-0.39, 0.29) is 11.9 Å². The molecule has 0 radical (unpaired) electrons. The second kappa shape index (κ2) is 6.71. The van der Waals surface area contributed by atoms with E-state index in [1.807, 2.05) is 12.1 Å². The highest BCUT2D eigenvalue weighted by Gasteiger charge is 2.34. The first-order chi connectivity index (χ1) is 10.7. The molecule has 0 saturated carbocycles. The Hall–Kier alpha value is -1.53. The van der Waals surface area contributed by atoms with Crippen LogP contribution in [0.4, 0.5) is 9.52 Å². The third-order valence-electron chi connectivity index (χ3n) is 4.01. The molecule has 1 aliphatic rings. The molecule has 1 aromatic carbocycles. The van der Waals surface area contributed by atoms with Crippen molar-refractivity contribution < 1.29 is 9.13 Å². The van der Waals surface area contributed by atoms with Crippen molar-refractivity contribution in [3.05, 3.63) is 41.5 Å². The van der Waals surface area contributed by atoms with Crippen LogP contribution in [-0.4, -0.2) is 29.6 Å². The summed E-state index contributed by atoms with van der Waals surface area (Å²) in [5.74, 6) is 1.17. The van der Waals surface area contributed by atoms with Crippen molar-refractivity contribution in [2.45, 2.75) is 25.8 Å². The van der Waals surface area contributed by atoms with Gasteiger partial charge < -0.3 is 9.64 Å². The molecule has 0 amide bonds. The molecule has 4 nitrogen and oxygen atoms in total. The van der Waals surface area contributed by atoms with Crippen LogP contribution < -0.4 is 4.90 Å². The molecule has 1 fully saturated rings. The highest BCUT2D eigenvalue weighted by atomic mass is 32.1. The molecular weight excluding hydrogens is 301 g/mol. The first kappa shape index (κ1) is 15.4. The van der Waals surface area contributed by atoms with E-state index in [2.05, 4.69) is 21.2 Å². The predicted octanol–water partition coefficient (Wildman–Crippen LogP) is 3.45. The van der Waals surface area contributed by atoms with E-state index < -0.39 is 0 Å². The van der Waals surface area contributed by atoms with Crippen LogP contribution in [0.3, 0.4) is 0 Å². The minimum absolute atomic E-state index is 0.0411. The number of nitrogens with zero attached hydrogens (tertiary/aromatic N) is 3. The molecule has 2 atom stereocenters. The van der Waals surface area contributed by atoms with Crippen molar-refractivity contribution in [2.75, 3.05) is 25.2 Å². The van der Waals surface area contributed by atoms with E-state index in [0.29, 0.717) is 18.9 Å². The standard InChI is InChI=1S/C16H20FN3OS/c1-11-9-14(12-5-3-4-6-13(12)17)20(10-11)16-18-15(19-22-16)7-8-21-2/h3-6,11,14H,7-10H2,1-2H3. The maximum atomic E-state index is 14.2. The van der Waals surface area contributed by atoms with E-state index in [1.54, 1.807) is 13.2 Å². The summed E-state index contributed by atoms with van der Waals surface area (Å²) in [6.45, 7) is 3.70. The molecule has 2 heterocycles. The minimum atomic E-state index is -0.143. The van der Waals surface area contributed by atoms with E-state index in [1.165, 1.54) is 17.6 Å². The Morgan fingerprint density at radius 1 is 1.41 bits per heavy atom. The summed E-state index contributed by atoms with van der Waals surface area (Å²) in [7, 11) is 1.67. The van der Waals surface area contributed by atoms with Crippen molar-refractivity contribution in [1.29, 1.82) is 0 Å². The molecule has 3 rings (SSSR count). The van der Waals surface area contributed by atoms with E-state index >= 15 is 0 Å². The number of ether oxygens (including phenoxy) is 1. The van der Waals surface area contributed by atoms with Crippen LogP contribution >= 0.6 is 11.5 Å². The number of anilines is 1. The van der Waals surface area contributed by atoms with E-state index in [9.17, 15) is 4.39 Å². The summed E-state index contributed by atoms with van der Waals surface area (Å²) in [4.78, 5) is 6.79. The Kier molecular flexibility index (Phi) is 4.69. The third-order valence-corrected chi connectivity index (χ3v) is 4.80. The number of methoxy groups -OCH3 is 1. The quantitative estimate of drug-likeness (QED) is 0.845. The second-order valence-corrected chi connectivity index (χ2v) is 6.50. The molecule has 1 saturated heterocycles. The van der Waals surface area contributed by atoms with Crippen molar-refractivity contribution >= 4 is 16.7 Å². The van der Waals surface area contributed by atoms with Crippen molar-refractivity contribution in [3.8, 4) is 0 Å². The lowest BCUT2D eigenvalue weighted by atomic mass is 10.0. The Morgan fingerprint density at radius 3 is 3.00 bits per heavy atom. The van der Waals surface area contributed by atoms with Crippen LogP contribution in [0.1, 0.15) is 30.8 Å². The van der Waals surface area contributed by atoms with Gasteiger partial charge in [-0.1, -0.05) is 25.1 Å². The molecule has 2 unspecified atom stereocenters. The number of benzene rings is 1. The van der Waals surface area contributed by atoms with Gasteiger partial charge in [0.15, 0.2) is 0 Å². The fraction of sp³-hybridized carbons (Fsp3) is 0.500. The highest BCUT2D eigenvalue weighted by Crippen LogP contribution is 2.40. The number of halogens is 1. The van der Waals surface area contributed by atoms with Gasteiger partial charge in [-0.3, -0.25) is 0 Å². The van der Waals surface area contributed by atoms with Gasteiger partial charge in [0.25, 0.3) is 0 Å². The van der Waals surface area contributed by atoms with Gasteiger partial charge in [0.2, 0.25) is 5.13 Å². The SMILES string of the molecule is COCCc1nsc(N2CC(C)CC2c2ccccc2F)n1. The Labute approximate surface area is 134 Å². The average Bonchev–Trinajstić information content (AvgIpc) is 3.12. The Morgan fingerprint density at radius 2 is 2.23 bits per heavy atom. The van der Waals surface area contributed by atoms with Gasteiger partial charge in [-0.05, 0) is 18.4 Å². The fourth-order valence-corrected chi connectivity index (χ4v) is 3.73. The molecule has 0 N–H and O–H groups in total. The largest absolute Gasteiger partial charge is 0.384 e. The summed E-state index contributed by atoms with van der Waals surface area (Å²) < 4.78 is 23.6. The highest BCUT2D eigenvalue weighted by molar-refractivity contribution is 7.09. The van der Waals surface area contributed by atoms with Crippen molar-refractivity contribution in [2.24, 2.45) is 5.92 Å². The first-order valence-electron chi connectivity index (χ1n) is 7.51. The molecular formula is C16H20FN3OS. The van der Waals surface area contributed by atoms with Crippen LogP contribution in [0, 0.1) is 11.7 Å². The van der Waals surface area contributed by atoms with Crippen LogP contribution in [0.5, 0.6) is 0 Å². The van der Waals surface area contributed by atoms with Gasteiger partial charge in [0, 0.05) is 37.2 Å². The first-order valence-corrected chi connectivity index (χ1v) is 8.29. The van der Waals surface area contributed by atoms with Crippen LogP contribution in [0.25, 0.3) is 0 Å². The molecule has 1 aromatic heterocycles. The lowest BCUT2D eigenvalue weighted by Crippen LogP contribution is -2.23. The molecule has 1 aliphatic heterocycles. The van der Waals surface area contributed by atoms with Gasteiger partial charge >= 0.3 is 0 Å². The molecule has 0 aliphatic carbocycles. The number of hydrogen-bond acceptors (Lipinski definition) is 5. The molecule has 22 heavy (non-hydrogen) atoms. The molecule has 0 spiro atoms. The van der Waals surface area contributed by atoms with Gasteiger partial charge in [-0.15, -0.1) is 0 Å². The summed E-state index contributed by atoms with van der Waals surface area (Å²) in [6, 6.07) is 7.07. The zero-order valence-corrected chi connectivity index (χ0v) is 13.6. The topological polar surface area (TPSA) is 38.2 Å². The van der Waals surface area contributed by atoms with Gasteiger partial charge in [-0.2, -0.15) is 4.37 Å². The summed E-state index contributed by atoms with van der Waals surface area (Å²) in [5.41, 5.74) is 0.750. The minimum Gasteiger partial charge on any atom is -0.384 e. The number of rotatable bonds is 5. The van der Waals surface area contributed by atoms with Gasteiger partial charge in [0.1, 0.15) is 11.6 Å². The van der Waals surface area contributed by atoms with Crippen molar-refractivity contribution in [1.82, 2.24) is 9.36 Å². The zero-order chi connectivity index (χ0) is 15.5. The summed E-state index contributed by atoms with van der Waals surface area (Å²) in [5, 5.41) is 0.878. The molecule has 6 heteroatoms. The van der Waals surface area contributed by atoms with Crippen molar-refractivity contribution in [3.63, 3.8) is 0 Å². The van der Waals surface area contributed by atoms with Crippen LogP contribution in [0.2, 0.25) is 0 Å². The smallest absolute Gasteiger partial charge is 0.205 e.